The zero-order chi connectivity index (χ0) is 23.3. The normalized spacial score (nSPS) is 23.1. The summed E-state index contributed by atoms with van der Waals surface area (Å²) in [6, 6.07) is 3.91. The second-order valence-corrected chi connectivity index (χ2v) is 9.84. The highest BCUT2D eigenvalue weighted by Crippen LogP contribution is 2.38. The highest BCUT2D eigenvalue weighted by molar-refractivity contribution is 5.85. The lowest BCUT2D eigenvalue weighted by atomic mass is 9.98. The molecule has 2 heterocycles. The van der Waals surface area contributed by atoms with E-state index >= 15 is 0 Å². The molecule has 3 rings (SSSR count). The predicted molar refractivity (Wildman–Crippen MR) is 122 cm³/mol. The monoisotopic (exact) mass is 447 g/mol. The van der Waals surface area contributed by atoms with Crippen molar-refractivity contribution in [3.63, 3.8) is 0 Å². The van der Waals surface area contributed by atoms with Crippen LogP contribution in [0.25, 0.3) is 0 Å². The first kappa shape index (κ1) is 23.9. The van der Waals surface area contributed by atoms with Gasteiger partial charge in [-0.2, -0.15) is 0 Å². The van der Waals surface area contributed by atoms with Crippen LogP contribution in [0.15, 0.2) is 27.8 Å². The number of guanidine groups is 1. The standard InChI is InChI=1S/C23H37N5O4/c1-23(2,3)32-22(30)26-19-9-8-16-14-28(15-18(16)19)21(25-13-20(29)27(4)5)24-11-10-17-7-6-12-31-17/h6-7,12,16,18-19H,8-11,13-15H2,1-5H3,(H,24,25)(H,26,30). The number of carbonyl (C=O) groups excluding carboxylic acids is 2. The number of likely N-dealkylation sites (tertiary alicyclic amines) is 1. The van der Waals surface area contributed by atoms with Gasteiger partial charge in [-0.05, 0) is 51.7 Å². The molecule has 0 spiro atoms. The largest absolute Gasteiger partial charge is 0.469 e. The lowest BCUT2D eigenvalue weighted by Gasteiger charge is -2.26. The van der Waals surface area contributed by atoms with Gasteiger partial charge in [0.2, 0.25) is 5.91 Å². The molecule has 2 amide bonds. The van der Waals surface area contributed by atoms with Gasteiger partial charge in [-0.15, -0.1) is 0 Å². The molecule has 1 saturated carbocycles. The third-order valence-corrected chi connectivity index (χ3v) is 5.96. The molecule has 2 aliphatic rings. The second-order valence-electron chi connectivity index (χ2n) is 9.84. The van der Waals surface area contributed by atoms with Gasteiger partial charge in [0, 0.05) is 52.1 Å². The Hall–Kier alpha value is -2.71. The Morgan fingerprint density at radius 1 is 1.28 bits per heavy atom. The quantitative estimate of drug-likeness (QED) is 0.512. The zero-order valence-corrected chi connectivity index (χ0v) is 19.9. The number of carbonyl (C=O) groups is 2. The van der Waals surface area contributed by atoms with Crippen LogP contribution in [0.3, 0.4) is 0 Å². The van der Waals surface area contributed by atoms with Crippen molar-refractivity contribution in [2.45, 2.75) is 51.7 Å². The molecule has 1 aliphatic carbocycles. The number of aliphatic imine (C=N–C) groups is 1. The first-order chi connectivity index (χ1) is 15.1. The fraction of sp³-hybridized carbons (Fsp3) is 0.696. The van der Waals surface area contributed by atoms with E-state index in [9.17, 15) is 9.59 Å². The summed E-state index contributed by atoms with van der Waals surface area (Å²) in [6.07, 6.45) is 4.05. The number of amides is 2. The van der Waals surface area contributed by atoms with E-state index in [2.05, 4.69) is 20.5 Å². The Labute approximate surface area is 190 Å². The third kappa shape index (κ3) is 6.64. The Kier molecular flexibility index (Phi) is 7.69. The number of ether oxygens (including phenoxy) is 1. The number of nitrogens with one attached hydrogen (secondary N) is 2. The molecule has 0 aromatic carbocycles. The van der Waals surface area contributed by atoms with E-state index in [0.717, 1.165) is 44.1 Å². The summed E-state index contributed by atoms with van der Waals surface area (Å²) in [5, 5.41) is 6.48. The molecule has 0 bridgehead atoms. The molecule has 2 N–H and O–H groups in total. The molecule has 3 atom stereocenters. The average Bonchev–Trinajstić information content (AvgIpc) is 3.41. The Balaban J connectivity index is 1.61. The van der Waals surface area contributed by atoms with Gasteiger partial charge in [-0.25, -0.2) is 9.79 Å². The van der Waals surface area contributed by atoms with Crippen LogP contribution >= 0.6 is 0 Å². The molecule has 1 saturated heterocycles. The minimum Gasteiger partial charge on any atom is -0.469 e. The van der Waals surface area contributed by atoms with Gasteiger partial charge in [-0.3, -0.25) is 4.79 Å². The summed E-state index contributed by atoms with van der Waals surface area (Å²) in [5.74, 6) is 2.42. The van der Waals surface area contributed by atoms with Crippen LogP contribution in [0.2, 0.25) is 0 Å². The first-order valence-corrected chi connectivity index (χ1v) is 11.4. The molecule has 3 unspecified atom stereocenters. The molecule has 9 nitrogen and oxygen atoms in total. The summed E-state index contributed by atoms with van der Waals surface area (Å²) in [4.78, 5) is 32.7. The lowest BCUT2D eigenvalue weighted by molar-refractivity contribution is -0.127. The first-order valence-electron chi connectivity index (χ1n) is 11.4. The van der Waals surface area contributed by atoms with Crippen molar-refractivity contribution >= 4 is 18.0 Å². The van der Waals surface area contributed by atoms with E-state index in [-0.39, 0.29) is 24.6 Å². The van der Waals surface area contributed by atoms with Crippen LogP contribution in [0.1, 0.15) is 39.4 Å². The molecule has 2 fully saturated rings. The van der Waals surface area contributed by atoms with Crippen LogP contribution in [0, 0.1) is 11.8 Å². The average molecular weight is 448 g/mol. The summed E-state index contributed by atoms with van der Waals surface area (Å²) in [5.41, 5.74) is -0.513. The number of rotatable bonds is 6. The van der Waals surface area contributed by atoms with E-state index in [1.54, 1.807) is 25.3 Å². The van der Waals surface area contributed by atoms with E-state index in [1.807, 2.05) is 32.9 Å². The van der Waals surface area contributed by atoms with Gasteiger partial charge in [-0.1, -0.05) is 0 Å². The van der Waals surface area contributed by atoms with Crippen molar-refractivity contribution in [1.29, 1.82) is 0 Å². The van der Waals surface area contributed by atoms with Crippen molar-refractivity contribution in [3.05, 3.63) is 24.2 Å². The van der Waals surface area contributed by atoms with Crippen molar-refractivity contribution in [2.75, 3.05) is 40.3 Å². The Morgan fingerprint density at radius 2 is 2.06 bits per heavy atom. The van der Waals surface area contributed by atoms with Crippen LogP contribution in [0.5, 0.6) is 0 Å². The summed E-state index contributed by atoms with van der Waals surface area (Å²) in [6.45, 7) is 8.01. The van der Waals surface area contributed by atoms with Crippen molar-refractivity contribution < 1.29 is 18.7 Å². The number of hydrogen-bond acceptors (Lipinski definition) is 5. The van der Waals surface area contributed by atoms with E-state index < -0.39 is 5.60 Å². The van der Waals surface area contributed by atoms with Gasteiger partial charge in [0.1, 0.15) is 17.9 Å². The SMILES string of the molecule is CN(C)C(=O)CN=C(NCCc1ccco1)N1CC2CCC(NC(=O)OC(C)(C)C)C2C1. The predicted octanol–water partition coefficient (Wildman–Crippen LogP) is 2.09. The fourth-order valence-corrected chi connectivity index (χ4v) is 4.38. The Bertz CT molecular complexity index is 800. The molecule has 178 valence electrons. The molecule has 1 aromatic heterocycles. The minimum absolute atomic E-state index is 0.0424. The number of furan rings is 1. The number of alkyl carbamates (subject to hydrolysis) is 1. The molecule has 1 aromatic rings. The molecule has 0 radical (unpaired) electrons. The molecular weight excluding hydrogens is 410 g/mol. The second kappa shape index (κ2) is 10.3. The zero-order valence-electron chi connectivity index (χ0n) is 19.9. The fourth-order valence-electron chi connectivity index (χ4n) is 4.38. The Morgan fingerprint density at radius 3 is 2.72 bits per heavy atom. The maximum absolute atomic E-state index is 12.3. The topological polar surface area (TPSA) is 99.4 Å². The van der Waals surface area contributed by atoms with Crippen molar-refractivity contribution in [2.24, 2.45) is 16.8 Å². The summed E-state index contributed by atoms with van der Waals surface area (Å²) >= 11 is 0. The third-order valence-electron chi connectivity index (χ3n) is 5.96. The number of hydrogen-bond donors (Lipinski definition) is 2. The van der Waals surface area contributed by atoms with Crippen molar-refractivity contribution in [3.8, 4) is 0 Å². The van der Waals surface area contributed by atoms with Crippen LogP contribution in [-0.4, -0.2) is 79.7 Å². The van der Waals surface area contributed by atoms with Crippen LogP contribution in [-0.2, 0) is 16.0 Å². The summed E-state index contributed by atoms with van der Waals surface area (Å²) in [7, 11) is 3.46. The van der Waals surface area contributed by atoms with Gasteiger partial charge in [0.15, 0.2) is 5.96 Å². The number of nitrogens with zero attached hydrogens (tertiary/aromatic N) is 3. The molecule has 32 heavy (non-hydrogen) atoms. The molecule has 1 aliphatic heterocycles. The maximum atomic E-state index is 12.3. The van der Waals surface area contributed by atoms with Crippen LogP contribution in [0.4, 0.5) is 4.79 Å². The minimum atomic E-state index is -0.513. The van der Waals surface area contributed by atoms with Gasteiger partial charge in [0.05, 0.1) is 6.26 Å². The number of fused-ring (bicyclic) bond motifs is 1. The molecular formula is C23H37N5O4. The highest BCUT2D eigenvalue weighted by atomic mass is 16.6. The maximum Gasteiger partial charge on any atom is 0.407 e. The van der Waals surface area contributed by atoms with E-state index in [1.165, 1.54) is 0 Å². The van der Waals surface area contributed by atoms with Gasteiger partial charge in [0.25, 0.3) is 0 Å². The number of likely N-dealkylation sites (N-methyl/N-ethyl adjacent to an activating group) is 1. The summed E-state index contributed by atoms with van der Waals surface area (Å²) < 4.78 is 10.9. The van der Waals surface area contributed by atoms with Gasteiger partial charge >= 0.3 is 6.09 Å². The van der Waals surface area contributed by atoms with E-state index in [4.69, 9.17) is 9.15 Å². The van der Waals surface area contributed by atoms with Crippen molar-refractivity contribution in [1.82, 2.24) is 20.4 Å². The molecule has 9 heteroatoms. The smallest absolute Gasteiger partial charge is 0.407 e. The highest BCUT2D eigenvalue weighted by Gasteiger charge is 2.44. The lowest BCUT2D eigenvalue weighted by Crippen LogP contribution is -2.45. The van der Waals surface area contributed by atoms with Gasteiger partial charge < -0.3 is 29.6 Å². The van der Waals surface area contributed by atoms with Crippen LogP contribution < -0.4 is 10.6 Å². The van der Waals surface area contributed by atoms with E-state index in [0.29, 0.717) is 18.4 Å².